The molecule has 0 aliphatic carbocycles. The van der Waals surface area contributed by atoms with E-state index < -0.39 is 0 Å². The zero-order valence-electron chi connectivity index (χ0n) is 10.4. The number of likely N-dealkylation sites (tertiary alicyclic amines) is 1. The van der Waals surface area contributed by atoms with Crippen LogP contribution in [0.25, 0.3) is 0 Å². The standard InChI is InChI=1S/C12H18N4O/c1-4-12(17)15-7-5-6-11(8-15)16-10(3)13-9(2)14-16/h4,11H,1,5-8H2,2-3H3/t11-/m0/s1. The van der Waals surface area contributed by atoms with Crippen molar-refractivity contribution in [3.8, 4) is 0 Å². The predicted octanol–water partition coefficient (Wildman–Crippen LogP) is 1.24. The molecule has 1 saturated heterocycles. The average Bonchev–Trinajstić information content (AvgIpc) is 2.67. The lowest BCUT2D eigenvalue weighted by atomic mass is 10.1. The highest BCUT2D eigenvalue weighted by Gasteiger charge is 2.25. The quantitative estimate of drug-likeness (QED) is 0.723. The van der Waals surface area contributed by atoms with Crippen LogP contribution in [-0.4, -0.2) is 38.7 Å². The molecule has 1 aromatic rings. The second-order valence-electron chi connectivity index (χ2n) is 4.44. The van der Waals surface area contributed by atoms with Crippen LogP contribution in [0.15, 0.2) is 12.7 Å². The number of rotatable bonds is 2. The number of aromatic nitrogens is 3. The highest BCUT2D eigenvalue weighted by Crippen LogP contribution is 2.22. The molecule has 0 unspecified atom stereocenters. The van der Waals surface area contributed by atoms with Gasteiger partial charge in [0.05, 0.1) is 6.04 Å². The van der Waals surface area contributed by atoms with Gasteiger partial charge in [-0.15, -0.1) is 0 Å². The molecule has 2 rings (SSSR count). The van der Waals surface area contributed by atoms with E-state index in [1.807, 2.05) is 23.4 Å². The second kappa shape index (κ2) is 4.69. The smallest absolute Gasteiger partial charge is 0.246 e. The van der Waals surface area contributed by atoms with Crippen LogP contribution >= 0.6 is 0 Å². The minimum absolute atomic E-state index is 0.00388. The van der Waals surface area contributed by atoms with Gasteiger partial charge in [0.25, 0.3) is 0 Å². The Bertz CT molecular complexity index is 438. The van der Waals surface area contributed by atoms with E-state index in [1.54, 1.807) is 0 Å². The number of piperidine rings is 1. The van der Waals surface area contributed by atoms with Crippen molar-refractivity contribution >= 4 is 5.91 Å². The summed E-state index contributed by atoms with van der Waals surface area (Å²) in [4.78, 5) is 17.7. The van der Waals surface area contributed by atoms with E-state index in [0.717, 1.165) is 31.0 Å². The zero-order valence-corrected chi connectivity index (χ0v) is 10.4. The molecule has 1 aliphatic rings. The fourth-order valence-corrected chi connectivity index (χ4v) is 2.37. The second-order valence-corrected chi connectivity index (χ2v) is 4.44. The van der Waals surface area contributed by atoms with E-state index in [1.165, 1.54) is 6.08 Å². The van der Waals surface area contributed by atoms with Crippen LogP contribution in [0.1, 0.15) is 30.5 Å². The molecule has 5 heteroatoms. The van der Waals surface area contributed by atoms with Gasteiger partial charge in [-0.3, -0.25) is 4.79 Å². The highest BCUT2D eigenvalue weighted by atomic mass is 16.2. The number of hydrogen-bond donors (Lipinski definition) is 0. The molecular weight excluding hydrogens is 216 g/mol. The van der Waals surface area contributed by atoms with Crippen molar-refractivity contribution in [2.24, 2.45) is 0 Å². The summed E-state index contributed by atoms with van der Waals surface area (Å²) in [6, 6.07) is 0.244. The van der Waals surface area contributed by atoms with Gasteiger partial charge in [0.1, 0.15) is 11.6 Å². The van der Waals surface area contributed by atoms with Crippen LogP contribution in [0.3, 0.4) is 0 Å². The molecule has 1 fully saturated rings. The molecule has 2 heterocycles. The monoisotopic (exact) mass is 234 g/mol. The van der Waals surface area contributed by atoms with Crippen LogP contribution in [0.5, 0.6) is 0 Å². The average molecular weight is 234 g/mol. The molecule has 1 atom stereocenters. The lowest BCUT2D eigenvalue weighted by molar-refractivity contribution is -0.127. The molecule has 0 bridgehead atoms. The Kier molecular flexibility index (Phi) is 3.26. The van der Waals surface area contributed by atoms with Crippen molar-refractivity contribution in [3.05, 3.63) is 24.3 Å². The number of hydrogen-bond acceptors (Lipinski definition) is 3. The van der Waals surface area contributed by atoms with Crippen LogP contribution in [-0.2, 0) is 4.79 Å². The predicted molar refractivity (Wildman–Crippen MR) is 64.5 cm³/mol. The molecule has 0 spiro atoms. The highest BCUT2D eigenvalue weighted by molar-refractivity contribution is 5.87. The molecule has 17 heavy (non-hydrogen) atoms. The normalized spacial score (nSPS) is 20.4. The van der Waals surface area contributed by atoms with Crippen molar-refractivity contribution in [1.29, 1.82) is 0 Å². The number of aryl methyl sites for hydroxylation is 2. The lowest BCUT2D eigenvalue weighted by Gasteiger charge is -2.32. The SMILES string of the molecule is C=CC(=O)N1CCC[C@H](n2nc(C)nc2C)C1. The Hall–Kier alpha value is -1.65. The van der Waals surface area contributed by atoms with Gasteiger partial charge in [-0.05, 0) is 32.8 Å². The van der Waals surface area contributed by atoms with Gasteiger partial charge in [-0.1, -0.05) is 6.58 Å². The minimum Gasteiger partial charge on any atom is -0.337 e. The van der Waals surface area contributed by atoms with Crippen LogP contribution in [0.4, 0.5) is 0 Å². The maximum atomic E-state index is 11.6. The molecule has 0 radical (unpaired) electrons. The van der Waals surface area contributed by atoms with Gasteiger partial charge in [0.2, 0.25) is 5.91 Å². The van der Waals surface area contributed by atoms with E-state index >= 15 is 0 Å². The topological polar surface area (TPSA) is 51.0 Å². The van der Waals surface area contributed by atoms with Crippen molar-refractivity contribution < 1.29 is 4.79 Å². The third-order valence-corrected chi connectivity index (χ3v) is 3.14. The first-order valence-corrected chi connectivity index (χ1v) is 5.93. The lowest BCUT2D eigenvalue weighted by Crippen LogP contribution is -2.40. The first-order chi connectivity index (χ1) is 8.11. The largest absolute Gasteiger partial charge is 0.337 e. The molecule has 1 aromatic heterocycles. The Balaban J connectivity index is 2.14. The summed E-state index contributed by atoms with van der Waals surface area (Å²) in [6.45, 7) is 8.89. The summed E-state index contributed by atoms with van der Waals surface area (Å²) in [5.74, 6) is 1.71. The molecule has 92 valence electrons. The van der Waals surface area contributed by atoms with Gasteiger partial charge in [-0.2, -0.15) is 5.10 Å². The molecule has 0 saturated carbocycles. The van der Waals surface area contributed by atoms with Crippen molar-refractivity contribution in [1.82, 2.24) is 19.7 Å². The molecule has 0 aromatic carbocycles. The van der Waals surface area contributed by atoms with E-state index in [0.29, 0.717) is 6.54 Å². The maximum absolute atomic E-state index is 11.6. The van der Waals surface area contributed by atoms with Crippen molar-refractivity contribution in [2.45, 2.75) is 32.7 Å². The van der Waals surface area contributed by atoms with E-state index in [9.17, 15) is 4.79 Å². The summed E-state index contributed by atoms with van der Waals surface area (Å²) in [5.41, 5.74) is 0. The fourth-order valence-electron chi connectivity index (χ4n) is 2.37. The summed E-state index contributed by atoms with van der Waals surface area (Å²) in [5, 5.41) is 4.40. The number of carbonyl (C=O) groups is 1. The summed E-state index contributed by atoms with van der Waals surface area (Å²) >= 11 is 0. The molecule has 1 aliphatic heterocycles. The summed E-state index contributed by atoms with van der Waals surface area (Å²) in [6.07, 6.45) is 3.43. The van der Waals surface area contributed by atoms with Gasteiger partial charge < -0.3 is 4.90 Å². The third kappa shape index (κ3) is 2.38. The van der Waals surface area contributed by atoms with Crippen LogP contribution in [0, 0.1) is 13.8 Å². The number of carbonyl (C=O) groups excluding carboxylic acids is 1. The minimum atomic E-state index is 0.00388. The number of amides is 1. The van der Waals surface area contributed by atoms with Gasteiger partial charge in [0.15, 0.2) is 0 Å². The van der Waals surface area contributed by atoms with E-state index in [-0.39, 0.29) is 11.9 Å². The van der Waals surface area contributed by atoms with E-state index in [2.05, 4.69) is 16.7 Å². The molecular formula is C12H18N4O. The van der Waals surface area contributed by atoms with Crippen LogP contribution in [0.2, 0.25) is 0 Å². The zero-order chi connectivity index (χ0) is 12.4. The number of nitrogens with zero attached hydrogens (tertiary/aromatic N) is 4. The first-order valence-electron chi connectivity index (χ1n) is 5.93. The maximum Gasteiger partial charge on any atom is 0.246 e. The first kappa shape index (κ1) is 11.8. The van der Waals surface area contributed by atoms with Crippen molar-refractivity contribution in [2.75, 3.05) is 13.1 Å². The molecule has 0 N–H and O–H groups in total. The Labute approximate surface area is 101 Å². The van der Waals surface area contributed by atoms with Gasteiger partial charge in [-0.25, -0.2) is 9.67 Å². The summed E-state index contributed by atoms with van der Waals surface area (Å²) in [7, 11) is 0. The Morgan fingerprint density at radius 2 is 2.29 bits per heavy atom. The van der Waals surface area contributed by atoms with Crippen LogP contribution < -0.4 is 0 Å². The molecule has 1 amide bonds. The van der Waals surface area contributed by atoms with Gasteiger partial charge in [0, 0.05) is 13.1 Å². The van der Waals surface area contributed by atoms with Gasteiger partial charge >= 0.3 is 0 Å². The fraction of sp³-hybridized carbons (Fsp3) is 0.583. The Morgan fingerprint density at radius 3 is 2.88 bits per heavy atom. The molecule has 5 nitrogen and oxygen atoms in total. The Morgan fingerprint density at radius 1 is 1.53 bits per heavy atom. The summed E-state index contributed by atoms with van der Waals surface area (Å²) < 4.78 is 1.94. The van der Waals surface area contributed by atoms with E-state index in [4.69, 9.17) is 0 Å². The van der Waals surface area contributed by atoms with Crippen molar-refractivity contribution in [3.63, 3.8) is 0 Å². The third-order valence-electron chi connectivity index (χ3n) is 3.14.